The average molecular weight is 326 g/mol. The molecule has 2 rings (SSSR count). The first kappa shape index (κ1) is 18.3. The quantitative estimate of drug-likeness (QED) is 0.901. The maximum absolute atomic E-state index is 12.6. The van der Waals surface area contributed by atoms with E-state index in [0.717, 1.165) is 25.1 Å². The van der Waals surface area contributed by atoms with Gasteiger partial charge >= 0.3 is 0 Å². The van der Waals surface area contributed by atoms with Gasteiger partial charge in [-0.2, -0.15) is 0 Å². The van der Waals surface area contributed by atoms with Crippen LogP contribution < -0.4 is 5.32 Å². The van der Waals surface area contributed by atoms with E-state index in [2.05, 4.69) is 5.32 Å². The molecule has 1 aliphatic rings. The molecule has 5 nitrogen and oxygen atoms in total. The summed E-state index contributed by atoms with van der Waals surface area (Å²) in [5, 5.41) is 3.28. The summed E-state index contributed by atoms with van der Waals surface area (Å²) in [4.78, 5) is 27.6. The van der Waals surface area contributed by atoms with Gasteiger partial charge in [-0.15, -0.1) is 12.4 Å². The molecule has 1 aromatic rings. The number of carbonyl (C=O) groups is 2. The van der Waals surface area contributed by atoms with Crippen molar-refractivity contribution in [1.29, 1.82) is 0 Å². The van der Waals surface area contributed by atoms with E-state index in [1.54, 1.807) is 19.0 Å². The Balaban J connectivity index is 0.00000242. The molecule has 0 bridgehead atoms. The van der Waals surface area contributed by atoms with Gasteiger partial charge in [0.15, 0.2) is 0 Å². The fourth-order valence-corrected chi connectivity index (χ4v) is 2.45. The number of hydrogen-bond acceptors (Lipinski definition) is 3. The normalized spacial score (nSPS) is 12.0. The van der Waals surface area contributed by atoms with E-state index in [1.807, 2.05) is 25.1 Å². The Hall–Kier alpha value is -1.75. The van der Waals surface area contributed by atoms with E-state index in [9.17, 15) is 9.59 Å². The van der Waals surface area contributed by atoms with E-state index in [0.29, 0.717) is 12.1 Å². The molecule has 122 valence electrons. The molecule has 0 saturated heterocycles. The van der Waals surface area contributed by atoms with Crippen LogP contribution in [-0.2, 0) is 11.2 Å². The Morgan fingerprint density at radius 3 is 2.64 bits per heavy atom. The number of rotatable bonds is 5. The number of hydrogen-bond donors (Lipinski definition) is 1. The van der Waals surface area contributed by atoms with Gasteiger partial charge < -0.3 is 15.1 Å². The smallest absolute Gasteiger partial charge is 0.254 e. The maximum atomic E-state index is 12.6. The van der Waals surface area contributed by atoms with Crippen LogP contribution in [0.4, 0.5) is 5.69 Å². The Morgan fingerprint density at radius 2 is 2.00 bits per heavy atom. The van der Waals surface area contributed by atoms with Gasteiger partial charge in [0.1, 0.15) is 6.54 Å². The lowest BCUT2D eigenvalue weighted by molar-refractivity contribution is -0.129. The van der Waals surface area contributed by atoms with Crippen LogP contribution in [0.1, 0.15) is 29.3 Å². The molecule has 1 aromatic carbocycles. The second-order valence-corrected chi connectivity index (χ2v) is 5.56. The summed E-state index contributed by atoms with van der Waals surface area (Å²) in [6, 6.07) is 5.73. The lowest BCUT2D eigenvalue weighted by Crippen LogP contribution is -2.40. The van der Waals surface area contributed by atoms with Crippen molar-refractivity contribution in [2.24, 2.45) is 0 Å². The highest BCUT2D eigenvalue weighted by molar-refractivity contribution is 5.97. The largest absolute Gasteiger partial charge is 0.384 e. The Bertz CT molecular complexity index is 546. The molecule has 1 N–H and O–H groups in total. The summed E-state index contributed by atoms with van der Waals surface area (Å²) in [5.41, 5.74) is 2.95. The molecule has 1 heterocycles. The number of nitrogens with one attached hydrogen (secondary N) is 1. The minimum atomic E-state index is -0.0678. The Morgan fingerprint density at radius 1 is 1.27 bits per heavy atom. The number of anilines is 1. The second-order valence-electron chi connectivity index (χ2n) is 5.56. The molecule has 0 fully saturated rings. The first-order valence-corrected chi connectivity index (χ1v) is 7.39. The maximum Gasteiger partial charge on any atom is 0.254 e. The molecule has 0 aliphatic carbocycles. The van der Waals surface area contributed by atoms with Crippen LogP contribution in [0.5, 0.6) is 0 Å². The third kappa shape index (κ3) is 4.13. The van der Waals surface area contributed by atoms with E-state index < -0.39 is 0 Å². The van der Waals surface area contributed by atoms with Crippen LogP contribution in [0.2, 0.25) is 0 Å². The monoisotopic (exact) mass is 325 g/mol. The number of benzene rings is 1. The minimum Gasteiger partial charge on any atom is -0.384 e. The lowest BCUT2D eigenvalue weighted by Gasteiger charge is -2.23. The van der Waals surface area contributed by atoms with Crippen molar-refractivity contribution < 1.29 is 9.59 Å². The third-order valence-electron chi connectivity index (χ3n) is 3.67. The van der Waals surface area contributed by atoms with Crippen LogP contribution in [-0.4, -0.2) is 55.3 Å². The molecule has 22 heavy (non-hydrogen) atoms. The summed E-state index contributed by atoms with van der Waals surface area (Å²) >= 11 is 0. The van der Waals surface area contributed by atoms with Gasteiger partial charge in [0, 0.05) is 38.4 Å². The molecule has 0 radical (unpaired) electrons. The highest BCUT2D eigenvalue weighted by atomic mass is 35.5. The van der Waals surface area contributed by atoms with Crippen molar-refractivity contribution in [2.45, 2.75) is 19.8 Å². The standard InChI is InChI=1S/C16H23N3O2.ClH/c1-4-9-19(11-15(20)18(2)3)16(21)13-5-6-14-12(10-13)7-8-17-14;/h5-6,10,17H,4,7-9,11H2,1-3H3;1H. The molecule has 2 amide bonds. The first-order chi connectivity index (χ1) is 10.0. The van der Waals surface area contributed by atoms with Crippen LogP contribution in [0.15, 0.2) is 18.2 Å². The van der Waals surface area contributed by atoms with E-state index >= 15 is 0 Å². The zero-order valence-corrected chi connectivity index (χ0v) is 14.2. The molecule has 0 unspecified atom stereocenters. The minimum absolute atomic E-state index is 0. The van der Waals surface area contributed by atoms with Gasteiger partial charge in [-0.1, -0.05) is 6.92 Å². The van der Waals surface area contributed by atoms with E-state index in [-0.39, 0.29) is 30.8 Å². The molecule has 1 aliphatic heterocycles. The van der Waals surface area contributed by atoms with Gasteiger partial charge in [0.05, 0.1) is 0 Å². The number of fused-ring (bicyclic) bond motifs is 1. The zero-order chi connectivity index (χ0) is 15.4. The summed E-state index contributed by atoms with van der Waals surface area (Å²) in [5.74, 6) is -0.124. The second kappa shape index (κ2) is 8.03. The molecular formula is C16H24ClN3O2. The third-order valence-corrected chi connectivity index (χ3v) is 3.67. The van der Waals surface area contributed by atoms with E-state index in [1.165, 1.54) is 10.5 Å². The van der Waals surface area contributed by atoms with Gasteiger partial charge in [0.25, 0.3) is 5.91 Å². The van der Waals surface area contributed by atoms with Crippen LogP contribution >= 0.6 is 12.4 Å². The van der Waals surface area contributed by atoms with Crippen molar-refractivity contribution in [3.8, 4) is 0 Å². The number of nitrogens with zero attached hydrogens (tertiary/aromatic N) is 2. The summed E-state index contributed by atoms with van der Waals surface area (Å²) in [7, 11) is 3.41. The molecule has 6 heteroatoms. The summed E-state index contributed by atoms with van der Waals surface area (Å²) < 4.78 is 0. The molecule has 0 aromatic heterocycles. The van der Waals surface area contributed by atoms with Crippen molar-refractivity contribution in [1.82, 2.24) is 9.80 Å². The number of likely N-dealkylation sites (N-methyl/N-ethyl adjacent to an activating group) is 1. The first-order valence-electron chi connectivity index (χ1n) is 7.39. The summed E-state index contributed by atoms with van der Waals surface area (Å²) in [6.45, 7) is 3.65. The highest BCUT2D eigenvalue weighted by Gasteiger charge is 2.20. The lowest BCUT2D eigenvalue weighted by atomic mass is 10.1. The number of halogens is 1. The van der Waals surface area contributed by atoms with Gasteiger partial charge in [-0.25, -0.2) is 0 Å². The average Bonchev–Trinajstić information content (AvgIpc) is 2.93. The molecule has 0 saturated carbocycles. The van der Waals surface area contributed by atoms with Crippen LogP contribution in [0.25, 0.3) is 0 Å². The SMILES string of the molecule is CCCN(CC(=O)N(C)C)C(=O)c1ccc2c(c1)CCN2.Cl. The zero-order valence-electron chi connectivity index (χ0n) is 13.4. The predicted molar refractivity (Wildman–Crippen MR) is 90.8 cm³/mol. The molecular weight excluding hydrogens is 302 g/mol. The number of carbonyl (C=O) groups excluding carboxylic acids is 2. The topological polar surface area (TPSA) is 52.7 Å². The van der Waals surface area contributed by atoms with Crippen molar-refractivity contribution in [2.75, 3.05) is 39.0 Å². The van der Waals surface area contributed by atoms with Crippen LogP contribution in [0, 0.1) is 0 Å². The van der Waals surface area contributed by atoms with Gasteiger partial charge in [0.2, 0.25) is 5.91 Å². The fourth-order valence-electron chi connectivity index (χ4n) is 2.45. The van der Waals surface area contributed by atoms with Crippen molar-refractivity contribution in [3.05, 3.63) is 29.3 Å². The van der Waals surface area contributed by atoms with Gasteiger partial charge in [-0.3, -0.25) is 9.59 Å². The Labute approximate surface area is 138 Å². The van der Waals surface area contributed by atoms with E-state index in [4.69, 9.17) is 0 Å². The number of amides is 2. The molecule has 0 atom stereocenters. The van der Waals surface area contributed by atoms with Crippen LogP contribution in [0.3, 0.4) is 0 Å². The summed E-state index contributed by atoms with van der Waals surface area (Å²) in [6.07, 6.45) is 1.78. The van der Waals surface area contributed by atoms with Gasteiger partial charge in [-0.05, 0) is 36.6 Å². The fraction of sp³-hybridized carbons (Fsp3) is 0.500. The predicted octanol–water partition coefficient (Wildman–Crippen LogP) is 2.02. The highest BCUT2D eigenvalue weighted by Crippen LogP contribution is 2.23. The van der Waals surface area contributed by atoms with Crippen molar-refractivity contribution >= 4 is 29.9 Å². The molecule has 0 spiro atoms. The Kier molecular flexibility index (Phi) is 6.68. The van der Waals surface area contributed by atoms with Crippen molar-refractivity contribution in [3.63, 3.8) is 0 Å².